The zero-order valence-electron chi connectivity index (χ0n) is 8.67. The molecule has 8 nitrogen and oxygen atoms in total. The largest absolute Gasteiger partial charge is 0.394 e. The number of amides is 2. The van der Waals surface area contributed by atoms with E-state index in [2.05, 4.69) is 5.32 Å². The summed E-state index contributed by atoms with van der Waals surface area (Å²) in [6, 6.07) is -2.17. The molecule has 0 aliphatic carbocycles. The maximum atomic E-state index is 11.3. The minimum Gasteiger partial charge on any atom is -0.394 e. The molecule has 0 aliphatic heterocycles. The van der Waals surface area contributed by atoms with Crippen molar-refractivity contribution in [1.29, 1.82) is 0 Å². The van der Waals surface area contributed by atoms with Crippen LogP contribution in [0.1, 0.15) is 6.42 Å². The van der Waals surface area contributed by atoms with Gasteiger partial charge in [-0.2, -0.15) is 0 Å². The van der Waals surface area contributed by atoms with Crippen LogP contribution in [-0.2, 0) is 9.59 Å². The molecule has 0 heterocycles. The van der Waals surface area contributed by atoms with E-state index in [9.17, 15) is 14.7 Å². The number of aliphatic hydroxyl groups is 3. The zero-order chi connectivity index (χ0) is 12.7. The molecular formula is C8H17N3O5. The Balaban J connectivity index is 4.24. The average Bonchev–Trinajstić information content (AvgIpc) is 2.23. The maximum absolute atomic E-state index is 11.3. The van der Waals surface area contributed by atoms with Gasteiger partial charge < -0.3 is 32.1 Å². The smallest absolute Gasteiger partial charge is 0.237 e. The van der Waals surface area contributed by atoms with Crippen molar-refractivity contribution in [2.75, 3.05) is 13.2 Å². The molecular weight excluding hydrogens is 218 g/mol. The molecule has 0 rings (SSSR count). The van der Waals surface area contributed by atoms with Crippen molar-refractivity contribution in [3.8, 4) is 0 Å². The van der Waals surface area contributed by atoms with E-state index < -0.39 is 43.2 Å². The Morgan fingerprint density at radius 3 is 2.19 bits per heavy atom. The summed E-state index contributed by atoms with van der Waals surface area (Å²) in [5.74, 6) is -1.46. The Morgan fingerprint density at radius 1 is 1.25 bits per heavy atom. The van der Waals surface area contributed by atoms with E-state index in [1.54, 1.807) is 0 Å². The molecule has 16 heavy (non-hydrogen) atoms. The standard InChI is InChI=1S/C8H17N3O5/c9-4(1-7(10)15)8(16)11-5(2-12)6(14)3-13/h4-6,12-14H,1-3,9H2,(H2,10,15)(H,11,16)/t4-,5?,6?/m0/s1. The number of carbonyl (C=O) groups is 2. The van der Waals surface area contributed by atoms with Gasteiger partial charge in [-0.25, -0.2) is 0 Å². The molecule has 0 fully saturated rings. The van der Waals surface area contributed by atoms with Crippen LogP contribution in [0.2, 0.25) is 0 Å². The fraction of sp³-hybridized carbons (Fsp3) is 0.750. The van der Waals surface area contributed by atoms with Crippen LogP contribution in [0.3, 0.4) is 0 Å². The summed E-state index contributed by atoms with van der Waals surface area (Å²) in [6.07, 6.45) is -1.63. The van der Waals surface area contributed by atoms with E-state index in [-0.39, 0.29) is 6.42 Å². The third-order valence-corrected chi connectivity index (χ3v) is 1.93. The minimum absolute atomic E-state index is 0.334. The second-order valence-corrected chi connectivity index (χ2v) is 3.32. The Kier molecular flexibility index (Phi) is 6.58. The van der Waals surface area contributed by atoms with Gasteiger partial charge in [0.05, 0.1) is 37.8 Å². The first-order valence-corrected chi connectivity index (χ1v) is 4.66. The normalized spacial score (nSPS) is 16.2. The number of hydrogen-bond acceptors (Lipinski definition) is 6. The van der Waals surface area contributed by atoms with E-state index in [1.807, 2.05) is 0 Å². The molecule has 0 aromatic carbocycles. The lowest BCUT2D eigenvalue weighted by molar-refractivity contribution is -0.128. The Morgan fingerprint density at radius 2 is 1.81 bits per heavy atom. The summed E-state index contributed by atoms with van der Waals surface area (Å²) in [4.78, 5) is 21.8. The first kappa shape index (κ1) is 14.8. The van der Waals surface area contributed by atoms with Gasteiger partial charge in [0.25, 0.3) is 0 Å². The summed E-state index contributed by atoms with van der Waals surface area (Å²) in [5.41, 5.74) is 10.2. The number of aliphatic hydroxyl groups excluding tert-OH is 3. The van der Waals surface area contributed by atoms with Gasteiger partial charge in [-0.15, -0.1) is 0 Å². The molecule has 2 unspecified atom stereocenters. The van der Waals surface area contributed by atoms with Crippen molar-refractivity contribution in [1.82, 2.24) is 5.32 Å². The molecule has 0 spiro atoms. The van der Waals surface area contributed by atoms with Crippen molar-refractivity contribution in [2.24, 2.45) is 11.5 Å². The molecule has 3 atom stereocenters. The lowest BCUT2D eigenvalue weighted by atomic mass is 10.1. The summed E-state index contributed by atoms with van der Waals surface area (Å²) in [5, 5.41) is 28.8. The molecule has 0 aromatic heterocycles. The van der Waals surface area contributed by atoms with Gasteiger partial charge in [0, 0.05) is 0 Å². The molecule has 0 saturated carbocycles. The first-order chi connectivity index (χ1) is 7.42. The molecule has 94 valence electrons. The van der Waals surface area contributed by atoms with E-state index in [0.29, 0.717) is 0 Å². The molecule has 8 heteroatoms. The van der Waals surface area contributed by atoms with Crippen LogP contribution in [0.15, 0.2) is 0 Å². The van der Waals surface area contributed by atoms with Crippen molar-refractivity contribution in [2.45, 2.75) is 24.6 Å². The van der Waals surface area contributed by atoms with Crippen LogP contribution in [0.5, 0.6) is 0 Å². The summed E-state index contributed by atoms with van der Waals surface area (Å²) in [7, 11) is 0. The van der Waals surface area contributed by atoms with Gasteiger partial charge in [0.15, 0.2) is 0 Å². The Bertz CT molecular complexity index is 248. The highest BCUT2D eigenvalue weighted by Crippen LogP contribution is 1.94. The second kappa shape index (κ2) is 7.12. The van der Waals surface area contributed by atoms with E-state index >= 15 is 0 Å². The molecule has 2 amide bonds. The molecule has 0 aliphatic rings. The van der Waals surface area contributed by atoms with Gasteiger partial charge in [-0.1, -0.05) is 0 Å². The fourth-order valence-corrected chi connectivity index (χ4v) is 0.990. The van der Waals surface area contributed by atoms with Crippen molar-refractivity contribution < 1.29 is 24.9 Å². The van der Waals surface area contributed by atoms with Gasteiger partial charge in [0.1, 0.15) is 0 Å². The lowest BCUT2D eigenvalue weighted by Crippen LogP contribution is -2.53. The summed E-state index contributed by atoms with van der Waals surface area (Å²) >= 11 is 0. The number of nitrogens with two attached hydrogens (primary N) is 2. The summed E-state index contributed by atoms with van der Waals surface area (Å²) < 4.78 is 0. The predicted octanol–water partition coefficient (Wildman–Crippen LogP) is -3.98. The van der Waals surface area contributed by atoms with Gasteiger partial charge in [-0.3, -0.25) is 9.59 Å². The first-order valence-electron chi connectivity index (χ1n) is 4.66. The van der Waals surface area contributed by atoms with Crippen LogP contribution in [0.4, 0.5) is 0 Å². The van der Waals surface area contributed by atoms with Crippen molar-refractivity contribution in [3.05, 3.63) is 0 Å². The van der Waals surface area contributed by atoms with Crippen LogP contribution >= 0.6 is 0 Å². The Labute approximate surface area is 92.2 Å². The van der Waals surface area contributed by atoms with Crippen molar-refractivity contribution >= 4 is 11.8 Å². The minimum atomic E-state index is -1.30. The van der Waals surface area contributed by atoms with E-state index in [4.69, 9.17) is 21.7 Å². The highest BCUT2D eigenvalue weighted by molar-refractivity contribution is 5.87. The molecule has 0 aromatic rings. The number of rotatable bonds is 7. The van der Waals surface area contributed by atoms with Crippen LogP contribution < -0.4 is 16.8 Å². The highest BCUT2D eigenvalue weighted by atomic mass is 16.3. The maximum Gasteiger partial charge on any atom is 0.237 e. The number of hydrogen-bond donors (Lipinski definition) is 6. The van der Waals surface area contributed by atoms with Crippen LogP contribution in [0.25, 0.3) is 0 Å². The molecule has 0 saturated heterocycles. The number of primary amides is 1. The zero-order valence-corrected chi connectivity index (χ0v) is 8.67. The Hall–Kier alpha value is -1.22. The quantitative estimate of drug-likeness (QED) is 0.264. The highest BCUT2D eigenvalue weighted by Gasteiger charge is 2.23. The molecule has 8 N–H and O–H groups in total. The fourth-order valence-electron chi connectivity index (χ4n) is 0.990. The van der Waals surface area contributed by atoms with E-state index in [0.717, 1.165) is 0 Å². The second-order valence-electron chi connectivity index (χ2n) is 3.32. The molecule has 0 bridgehead atoms. The SMILES string of the molecule is NC(=O)C[C@H](N)C(=O)NC(CO)C(O)CO. The third kappa shape index (κ3) is 5.03. The number of nitrogens with one attached hydrogen (secondary N) is 1. The topological polar surface area (TPSA) is 159 Å². The van der Waals surface area contributed by atoms with Gasteiger partial charge in [0.2, 0.25) is 11.8 Å². The van der Waals surface area contributed by atoms with Gasteiger partial charge in [-0.05, 0) is 0 Å². The molecule has 0 radical (unpaired) electrons. The predicted molar refractivity (Wildman–Crippen MR) is 53.9 cm³/mol. The lowest BCUT2D eigenvalue weighted by Gasteiger charge is -2.22. The van der Waals surface area contributed by atoms with E-state index in [1.165, 1.54) is 0 Å². The van der Waals surface area contributed by atoms with Crippen LogP contribution in [-0.4, -0.2) is 58.5 Å². The summed E-state index contributed by atoms with van der Waals surface area (Å²) in [6.45, 7) is -1.17. The average molecular weight is 235 g/mol. The number of carbonyl (C=O) groups excluding carboxylic acids is 2. The van der Waals surface area contributed by atoms with Crippen molar-refractivity contribution in [3.63, 3.8) is 0 Å². The van der Waals surface area contributed by atoms with Crippen LogP contribution in [0, 0.1) is 0 Å². The third-order valence-electron chi connectivity index (χ3n) is 1.93. The van der Waals surface area contributed by atoms with Gasteiger partial charge >= 0.3 is 0 Å². The monoisotopic (exact) mass is 235 g/mol.